The third-order valence-electron chi connectivity index (χ3n) is 5.23. The summed E-state index contributed by atoms with van der Waals surface area (Å²) in [4.78, 5) is 37.9. The van der Waals surface area contributed by atoms with Crippen LogP contribution in [-0.4, -0.2) is 62.4 Å². The van der Waals surface area contributed by atoms with Crippen LogP contribution in [0.25, 0.3) is 0 Å². The minimum absolute atomic E-state index is 0.0712. The summed E-state index contributed by atoms with van der Waals surface area (Å²) >= 11 is 1.61. The number of nitrogens with zero attached hydrogens (tertiary/aromatic N) is 4. The molecule has 4 rings (SSSR count). The maximum absolute atomic E-state index is 12.7. The molecule has 0 spiro atoms. The van der Waals surface area contributed by atoms with Gasteiger partial charge in [0.15, 0.2) is 0 Å². The van der Waals surface area contributed by atoms with Gasteiger partial charge in [0.1, 0.15) is 0 Å². The summed E-state index contributed by atoms with van der Waals surface area (Å²) in [5.41, 5.74) is 1.91. The van der Waals surface area contributed by atoms with Crippen molar-refractivity contribution in [2.45, 2.75) is 43.9 Å². The van der Waals surface area contributed by atoms with E-state index in [0.717, 1.165) is 30.6 Å². The number of hydrogen-bond acceptors (Lipinski definition) is 5. The summed E-state index contributed by atoms with van der Waals surface area (Å²) in [5.74, 6) is -2.45. The molecule has 0 radical (unpaired) electrons. The molecule has 2 aromatic rings. The molecular formula is C19H21F3N4O4S. The quantitative estimate of drug-likeness (QED) is 0.763. The first-order valence-electron chi connectivity index (χ1n) is 9.49. The maximum atomic E-state index is 12.7. The summed E-state index contributed by atoms with van der Waals surface area (Å²) < 4.78 is 33.4. The Labute approximate surface area is 179 Å². The Balaban J connectivity index is 0.000000339. The topological polar surface area (TPSA) is 95.7 Å². The van der Waals surface area contributed by atoms with Crippen molar-refractivity contribution >= 4 is 34.8 Å². The molecule has 2 saturated heterocycles. The number of carbonyl (C=O) groups is 3. The summed E-state index contributed by atoms with van der Waals surface area (Å²) in [5, 5.41) is 15.3. The zero-order valence-electron chi connectivity index (χ0n) is 16.6. The van der Waals surface area contributed by atoms with E-state index < -0.39 is 12.1 Å². The lowest BCUT2D eigenvalue weighted by molar-refractivity contribution is -0.192. The number of halogens is 3. The number of piperidine rings is 1. The second-order valence-corrected chi connectivity index (χ2v) is 8.08. The van der Waals surface area contributed by atoms with Crippen LogP contribution in [-0.2, 0) is 27.9 Å². The van der Waals surface area contributed by atoms with Crippen LogP contribution in [0.4, 0.5) is 18.9 Å². The van der Waals surface area contributed by atoms with Crippen molar-refractivity contribution in [2.75, 3.05) is 11.4 Å². The fraction of sp³-hybridized carbons (Fsp3) is 0.474. The molecule has 8 nitrogen and oxygen atoms in total. The Bertz CT molecular complexity index is 944. The van der Waals surface area contributed by atoms with E-state index in [2.05, 4.69) is 5.10 Å². The van der Waals surface area contributed by atoms with Gasteiger partial charge in [0.25, 0.3) is 0 Å². The summed E-state index contributed by atoms with van der Waals surface area (Å²) in [7, 11) is 1.85. The largest absolute Gasteiger partial charge is 0.490 e. The number of amides is 2. The predicted molar refractivity (Wildman–Crippen MR) is 106 cm³/mol. The maximum Gasteiger partial charge on any atom is 0.490 e. The lowest BCUT2D eigenvalue weighted by Gasteiger charge is -2.39. The minimum Gasteiger partial charge on any atom is -0.475 e. The highest BCUT2D eigenvalue weighted by Gasteiger charge is 2.45. The van der Waals surface area contributed by atoms with Crippen LogP contribution in [0.5, 0.6) is 0 Å². The van der Waals surface area contributed by atoms with E-state index in [9.17, 15) is 22.8 Å². The number of aryl methyl sites for hydroxylation is 1. The Hall–Kier alpha value is -2.89. The molecule has 1 N–H and O–H groups in total. The van der Waals surface area contributed by atoms with Crippen molar-refractivity contribution in [1.29, 1.82) is 0 Å². The zero-order chi connectivity index (χ0) is 22.8. The first kappa shape index (κ1) is 22.8. The van der Waals surface area contributed by atoms with Crippen molar-refractivity contribution in [3.05, 3.63) is 34.8 Å². The molecule has 0 aromatic carbocycles. The van der Waals surface area contributed by atoms with Gasteiger partial charge in [-0.2, -0.15) is 29.6 Å². The Morgan fingerprint density at radius 2 is 2.00 bits per heavy atom. The number of thiophene rings is 1. The van der Waals surface area contributed by atoms with Gasteiger partial charge in [-0.3, -0.25) is 14.3 Å². The standard InChI is InChI=1S/C17H20N4O2S.C2HF3O2/c1-19-10-13(9-18-19)21-15-4-6-20(14(15)2-3-16(21)22)17(23)8-12-5-7-24-11-12;3-2(4,5)1(6)7/h5,7,9-11,14-15H,2-4,6,8H2,1H3;(H,6,7)/t14-,15-;/m1./s1. The predicted octanol–water partition coefficient (Wildman–Crippen LogP) is 2.45. The molecule has 2 fully saturated rings. The molecule has 2 atom stereocenters. The highest BCUT2D eigenvalue weighted by molar-refractivity contribution is 7.08. The lowest BCUT2D eigenvalue weighted by Crippen LogP contribution is -2.53. The first-order chi connectivity index (χ1) is 14.6. The average molecular weight is 458 g/mol. The molecule has 0 bridgehead atoms. The van der Waals surface area contributed by atoms with E-state index in [1.165, 1.54) is 0 Å². The van der Waals surface area contributed by atoms with Gasteiger partial charge in [-0.05, 0) is 35.2 Å². The van der Waals surface area contributed by atoms with E-state index in [0.29, 0.717) is 12.8 Å². The van der Waals surface area contributed by atoms with Gasteiger partial charge in [-0.1, -0.05) is 0 Å². The number of carboxylic acids is 1. The van der Waals surface area contributed by atoms with Crippen LogP contribution in [0.15, 0.2) is 29.2 Å². The number of carboxylic acid groups (broad SMARTS) is 1. The van der Waals surface area contributed by atoms with Crippen molar-refractivity contribution < 1.29 is 32.7 Å². The zero-order valence-corrected chi connectivity index (χ0v) is 17.4. The van der Waals surface area contributed by atoms with E-state index >= 15 is 0 Å². The van der Waals surface area contributed by atoms with Crippen LogP contribution >= 0.6 is 11.3 Å². The molecule has 4 heterocycles. The number of likely N-dealkylation sites (tertiary alicyclic amines) is 1. The molecule has 12 heteroatoms. The van der Waals surface area contributed by atoms with E-state index in [-0.39, 0.29) is 23.9 Å². The molecule has 2 aliphatic rings. The van der Waals surface area contributed by atoms with Gasteiger partial charge in [0.05, 0.1) is 30.4 Å². The monoisotopic (exact) mass is 458 g/mol. The SMILES string of the molecule is Cn1cc(N2C(=O)CC[C@@H]3[C@H]2CCN3C(=O)Cc2ccsc2)cn1.O=C(O)C(F)(F)F. The molecule has 0 saturated carbocycles. The third-order valence-corrected chi connectivity index (χ3v) is 5.96. The van der Waals surface area contributed by atoms with Crippen LogP contribution in [0, 0.1) is 0 Å². The molecule has 0 unspecified atom stereocenters. The number of aliphatic carboxylic acids is 1. The molecule has 0 aliphatic carbocycles. The number of fused-ring (bicyclic) bond motifs is 1. The van der Waals surface area contributed by atoms with Gasteiger partial charge < -0.3 is 14.9 Å². The average Bonchev–Trinajstić information content (AvgIpc) is 3.42. The second-order valence-electron chi connectivity index (χ2n) is 7.30. The van der Waals surface area contributed by atoms with Gasteiger partial charge in [-0.25, -0.2) is 4.79 Å². The molecule has 31 heavy (non-hydrogen) atoms. The Morgan fingerprint density at radius 1 is 1.29 bits per heavy atom. The van der Waals surface area contributed by atoms with Crippen molar-refractivity contribution in [3.63, 3.8) is 0 Å². The fourth-order valence-corrected chi connectivity index (χ4v) is 4.58. The number of hydrogen-bond donors (Lipinski definition) is 1. The van der Waals surface area contributed by atoms with Crippen LogP contribution in [0.1, 0.15) is 24.8 Å². The van der Waals surface area contributed by atoms with Crippen molar-refractivity contribution in [1.82, 2.24) is 14.7 Å². The fourth-order valence-electron chi connectivity index (χ4n) is 3.91. The summed E-state index contributed by atoms with van der Waals surface area (Å²) in [6.07, 6.45) is 1.05. The number of aromatic nitrogens is 2. The number of carbonyl (C=O) groups excluding carboxylic acids is 2. The van der Waals surface area contributed by atoms with Crippen LogP contribution in [0.3, 0.4) is 0 Å². The molecule has 2 aliphatic heterocycles. The number of alkyl halides is 3. The Kier molecular flexibility index (Phi) is 6.68. The molecule has 2 aromatic heterocycles. The van der Waals surface area contributed by atoms with Gasteiger partial charge in [0, 0.05) is 26.2 Å². The van der Waals surface area contributed by atoms with Gasteiger partial charge in [-0.15, -0.1) is 0 Å². The van der Waals surface area contributed by atoms with Gasteiger partial charge in [0.2, 0.25) is 11.8 Å². The van der Waals surface area contributed by atoms with E-state index in [4.69, 9.17) is 9.90 Å². The highest BCUT2D eigenvalue weighted by Crippen LogP contribution is 2.35. The van der Waals surface area contributed by atoms with E-state index in [1.807, 2.05) is 39.9 Å². The first-order valence-corrected chi connectivity index (χ1v) is 10.4. The number of rotatable bonds is 3. The normalized spacial score (nSPS) is 20.8. The summed E-state index contributed by atoms with van der Waals surface area (Å²) in [6, 6.07) is 2.19. The van der Waals surface area contributed by atoms with Gasteiger partial charge >= 0.3 is 12.1 Å². The summed E-state index contributed by atoms with van der Waals surface area (Å²) in [6.45, 7) is 0.725. The molecular weight excluding hydrogens is 437 g/mol. The minimum atomic E-state index is -5.08. The lowest BCUT2D eigenvalue weighted by atomic mass is 9.95. The second kappa shape index (κ2) is 9.08. The molecule has 168 valence electrons. The Morgan fingerprint density at radius 3 is 2.55 bits per heavy atom. The highest BCUT2D eigenvalue weighted by atomic mass is 32.1. The van der Waals surface area contributed by atoms with Crippen molar-refractivity contribution in [3.8, 4) is 0 Å². The number of anilines is 1. The van der Waals surface area contributed by atoms with Crippen molar-refractivity contribution in [2.24, 2.45) is 7.05 Å². The third kappa shape index (κ3) is 5.24. The molecule has 2 amide bonds. The van der Waals surface area contributed by atoms with Crippen LogP contribution in [0.2, 0.25) is 0 Å². The smallest absolute Gasteiger partial charge is 0.475 e. The van der Waals surface area contributed by atoms with Crippen LogP contribution < -0.4 is 4.90 Å². The van der Waals surface area contributed by atoms with E-state index in [1.54, 1.807) is 22.2 Å².